The number of hydrogen-bond donors (Lipinski definition) is 2. The standard InChI is InChI=1S/C22H15ClN2O3S/c23-15-5-1-4-14(12-15)18-9-10-19(28-18)21(26)24-16-6-2-7-17(13-16)25-22(27)20-8-3-11-29-20/h1-13H,(H,24,26)(H,25,27). The molecule has 4 aromatic rings. The number of carbonyl (C=O) groups excluding carboxylic acids is 2. The van der Waals surface area contributed by atoms with E-state index in [0.29, 0.717) is 27.0 Å². The number of benzene rings is 2. The highest BCUT2D eigenvalue weighted by Gasteiger charge is 2.13. The normalized spacial score (nSPS) is 10.5. The molecule has 0 saturated heterocycles. The Morgan fingerprint density at radius 3 is 2.31 bits per heavy atom. The maximum absolute atomic E-state index is 12.5. The number of hydrogen-bond acceptors (Lipinski definition) is 4. The molecule has 5 nitrogen and oxygen atoms in total. The summed E-state index contributed by atoms with van der Waals surface area (Å²) in [4.78, 5) is 25.3. The minimum Gasteiger partial charge on any atom is -0.451 e. The van der Waals surface area contributed by atoms with Crippen LogP contribution in [-0.4, -0.2) is 11.8 Å². The molecular formula is C22H15ClN2O3S. The molecule has 2 N–H and O–H groups in total. The summed E-state index contributed by atoms with van der Waals surface area (Å²) in [5.74, 6) is 0.142. The number of rotatable bonds is 5. The molecule has 0 spiro atoms. The second-order valence-corrected chi connectivity index (χ2v) is 7.52. The summed E-state index contributed by atoms with van der Waals surface area (Å²) < 4.78 is 5.66. The van der Waals surface area contributed by atoms with E-state index in [9.17, 15) is 9.59 Å². The second kappa shape index (κ2) is 8.34. The van der Waals surface area contributed by atoms with E-state index >= 15 is 0 Å². The molecule has 2 amide bonds. The molecule has 0 unspecified atom stereocenters. The number of furan rings is 1. The zero-order valence-electron chi connectivity index (χ0n) is 15.0. The highest BCUT2D eigenvalue weighted by Crippen LogP contribution is 2.25. The van der Waals surface area contributed by atoms with Crippen LogP contribution in [0.3, 0.4) is 0 Å². The number of carbonyl (C=O) groups is 2. The third-order valence-corrected chi connectivity index (χ3v) is 5.17. The van der Waals surface area contributed by atoms with E-state index in [-0.39, 0.29) is 17.6 Å². The molecule has 2 aromatic heterocycles. The number of nitrogens with one attached hydrogen (secondary N) is 2. The molecule has 29 heavy (non-hydrogen) atoms. The van der Waals surface area contributed by atoms with E-state index in [1.807, 2.05) is 23.6 Å². The van der Waals surface area contributed by atoms with Crippen LogP contribution in [0.1, 0.15) is 20.2 Å². The van der Waals surface area contributed by atoms with Gasteiger partial charge < -0.3 is 15.1 Å². The Morgan fingerprint density at radius 2 is 1.59 bits per heavy atom. The first-order valence-corrected chi connectivity index (χ1v) is 9.96. The number of amides is 2. The Bertz CT molecular complexity index is 1170. The summed E-state index contributed by atoms with van der Waals surface area (Å²) in [6.45, 7) is 0. The molecular weight excluding hydrogens is 408 g/mol. The van der Waals surface area contributed by atoms with Crippen molar-refractivity contribution in [1.82, 2.24) is 0 Å². The van der Waals surface area contributed by atoms with Crippen LogP contribution in [0, 0.1) is 0 Å². The maximum atomic E-state index is 12.5. The lowest BCUT2D eigenvalue weighted by Gasteiger charge is -2.07. The predicted molar refractivity (Wildman–Crippen MR) is 116 cm³/mol. The quantitative estimate of drug-likeness (QED) is 0.404. The van der Waals surface area contributed by atoms with Crippen LogP contribution in [0.5, 0.6) is 0 Å². The molecule has 144 valence electrons. The lowest BCUT2D eigenvalue weighted by molar-refractivity contribution is 0.0996. The molecule has 0 radical (unpaired) electrons. The van der Waals surface area contributed by atoms with Crippen LogP contribution in [-0.2, 0) is 0 Å². The van der Waals surface area contributed by atoms with Crippen LogP contribution in [0.4, 0.5) is 11.4 Å². The van der Waals surface area contributed by atoms with E-state index in [4.69, 9.17) is 16.0 Å². The molecule has 0 atom stereocenters. The van der Waals surface area contributed by atoms with Gasteiger partial charge in [-0.25, -0.2) is 0 Å². The predicted octanol–water partition coefficient (Wildman–Crippen LogP) is 6.17. The summed E-state index contributed by atoms with van der Waals surface area (Å²) in [7, 11) is 0. The fourth-order valence-electron chi connectivity index (χ4n) is 2.72. The zero-order valence-corrected chi connectivity index (χ0v) is 16.6. The fourth-order valence-corrected chi connectivity index (χ4v) is 3.53. The molecule has 0 aliphatic carbocycles. The second-order valence-electron chi connectivity index (χ2n) is 6.14. The molecule has 0 aliphatic rings. The van der Waals surface area contributed by atoms with Crippen molar-refractivity contribution in [3.05, 3.63) is 93.8 Å². The van der Waals surface area contributed by atoms with Gasteiger partial charge in [0.15, 0.2) is 5.76 Å². The van der Waals surface area contributed by atoms with Gasteiger partial charge >= 0.3 is 0 Å². The Labute approximate surface area is 175 Å². The zero-order chi connectivity index (χ0) is 20.2. The van der Waals surface area contributed by atoms with Gasteiger partial charge in [-0.05, 0) is 53.9 Å². The highest BCUT2D eigenvalue weighted by atomic mass is 35.5. The Kier molecular flexibility index (Phi) is 5.46. The van der Waals surface area contributed by atoms with Gasteiger partial charge in [0.05, 0.1) is 4.88 Å². The molecule has 2 aromatic carbocycles. The smallest absolute Gasteiger partial charge is 0.291 e. The molecule has 4 rings (SSSR count). The van der Waals surface area contributed by atoms with Crippen molar-refractivity contribution >= 4 is 46.1 Å². The molecule has 0 fully saturated rings. The average Bonchev–Trinajstić information content (AvgIpc) is 3.41. The third-order valence-electron chi connectivity index (χ3n) is 4.06. The summed E-state index contributed by atoms with van der Waals surface area (Å²) >= 11 is 7.37. The maximum Gasteiger partial charge on any atom is 0.291 e. The van der Waals surface area contributed by atoms with Gasteiger partial charge in [-0.1, -0.05) is 35.9 Å². The van der Waals surface area contributed by atoms with Gasteiger partial charge in [-0.2, -0.15) is 0 Å². The van der Waals surface area contributed by atoms with E-state index in [2.05, 4.69) is 10.6 Å². The number of thiophene rings is 1. The number of halogens is 1. The summed E-state index contributed by atoms with van der Waals surface area (Å²) in [5, 5.41) is 8.02. The lowest BCUT2D eigenvalue weighted by Crippen LogP contribution is -2.12. The van der Waals surface area contributed by atoms with Gasteiger partial charge in [0.25, 0.3) is 11.8 Å². The van der Waals surface area contributed by atoms with Crippen LogP contribution in [0.15, 0.2) is 82.6 Å². The van der Waals surface area contributed by atoms with Gasteiger partial charge in [0, 0.05) is 22.0 Å². The molecule has 7 heteroatoms. The van der Waals surface area contributed by atoms with Gasteiger partial charge in [-0.15, -0.1) is 11.3 Å². The first-order valence-electron chi connectivity index (χ1n) is 8.70. The summed E-state index contributed by atoms with van der Waals surface area (Å²) in [5.41, 5.74) is 1.91. The largest absolute Gasteiger partial charge is 0.451 e. The van der Waals surface area contributed by atoms with Crippen LogP contribution >= 0.6 is 22.9 Å². The Hall–Kier alpha value is -3.35. The van der Waals surface area contributed by atoms with Crippen molar-refractivity contribution in [2.45, 2.75) is 0 Å². The van der Waals surface area contributed by atoms with Crippen LogP contribution in [0.25, 0.3) is 11.3 Å². The van der Waals surface area contributed by atoms with Gasteiger partial charge in [-0.3, -0.25) is 9.59 Å². The minimum absolute atomic E-state index is 0.174. The van der Waals surface area contributed by atoms with E-state index in [1.165, 1.54) is 11.3 Å². The molecule has 0 aliphatic heterocycles. The Balaban J connectivity index is 1.45. The molecule has 0 bridgehead atoms. The highest BCUT2D eigenvalue weighted by molar-refractivity contribution is 7.12. The van der Waals surface area contributed by atoms with Gasteiger partial charge in [0.1, 0.15) is 5.76 Å². The first kappa shape index (κ1) is 19.0. The van der Waals surface area contributed by atoms with Crippen molar-refractivity contribution in [1.29, 1.82) is 0 Å². The van der Waals surface area contributed by atoms with E-state index in [1.54, 1.807) is 54.6 Å². The molecule has 2 heterocycles. The van der Waals surface area contributed by atoms with E-state index in [0.717, 1.165) is 5.56 Å². The molecule has 0 saturated carbocycles. The first-order chi connectivity index (χ1) is 14.1. The minimum atomic E-state index is -0.389. The van der Waals surface area contributed by atoms with Crippen molar-refractivity contribution in [3.8, 4) is 11.3 Å². The van der Waals surface area contributed by atoms with E-state index < -0.39 is 0 Å². The number of anilines is 2. The monoisotopic (exact) mass is 422 g/mol. The van der Waals surface area contributed by atoms with Crippen molar-refractivity contribution in [2.24, 2.45) is 0 Å². The summed E-state index contributed by atoms with van der Waals surface area (Å²) in [6, 6.07) is 21.0. The van der Waals surface area contributed by atoms with Crippen LogP contribution < -0.4 is 10.6 Å². The van der Waals surface area contributed by atoms with Crippen molar-refractivity contribution in [2.75, 3.05) is 10.6 Å². The van der Waals surface area contributed by atoms with Gasteiger partial charge in [0.2, 0.25) is 0 Å². The van der Waals surface area contributed by atoms with Crippen molar-refractivity contribution in [3.63, 3.8) is 0 Å². The fraction of sp³-hybridized carbons (Fsp3) is 0. The average molecular weight is 423 g/mol. The lowest BCUT2D eigenvalue weighted by atomic mass is 10.2. The topological polar surface area (TPSA) is 71.3 Å². The summed E-state index contributed by atoms with van der Waals surface area (Å²) in [6.07, 6.45) is 0. The Morgan fingerprint density at radius 1 is 0.828 bits per heavy atom. The SMILES string of the molecule is O=C(Nc1cccc(NC(=O)c2cccs2)c1)c1ccc(-c2cccc(Cl)c2)o1. The van der Waals surface area contributed by atoms with Crippen molar-refractivity contribution < 1.29 is 14.0 Å². The third kappa shape index (κ3) is 4.56. The van der Waals surface area contributed by atoms with Crippen LogP contribution in [0.2, 0.25) is 5.02 Å².